The molecule has 4 nitrogen and oxygen atoms in total. The molecule has 0 aromatic heterocycles. The third kappa shape index (κ3) is 4.42. The van der Waals surface area contributed by atoms with E-state index in [9.17, 15) is 18.0 Å². The van der Waals surface area contributed by atoms with Crippen LogP contribution in [-0.4, -0.2) is 31.2 Å². The number of hydrogen-bond donors (Lipinski definition) is 2. The molecule has 116 valence electrons. The average Bonchev–Trinajstić information content (AvgIpc) is 2.32. The maximum Gasteiger partial charge on any atom is 0.416 e. The zero-order valence-electron chi connectivity index (χ0n) is 11.2. The minimum atomic E-state index is -4.47. The highest BCUT2D eigenvalue weighted by atomic mass is 79.9. The van der Waals surface area contributed by atoms with Gasteiger partial charge in [0.05, 0.1) is 11.2 Å². The zero-order chi connectivity index (χ0) is 15.7. The molecule has 2 N–H and O–H groups in total. The highest BCUT2D eigenvalue weighted by Gasteiger charge is 2.33. The average molecular weight is 367 g/mol. The molecule has 0 spiro atoms. The summed E-state index contributed by atoms with van der Waals surface area (Å²) < 4.78 is 43.7. The van der Waals surface area contributed by atoms with Crippen molar-refractivity contribution in [2.45, 2.75) is 18.7 Å². The Morgan fingerprint density at radius 3 is 2.62 bits per heavy atom. The van der Waals surface area contributed by atoms with Gasteiger partial charge in [-0.3, -0.25) is 4.79 Å². The third-order valence-corrected chi connectivity index (χ3v) is 3.52. The maximum absolute atomic E-state index is 12.7. The molecule has 1 aliphatic rings. The first-order valence-corrected chi connectivity index (χ1v) is 7.00. The molecular formula is C13H14BrF3N2O2. The molecular weight excluding hydrogens is 353 g/mol. The summed E-state index contributed by atoms with van der Waals surface area (Å²) in [6.45, 7) is 2.95. The molecule has 1 saturated heterocycles. The Bertz CT molecular complexity index is 545. The minimum Gasteiger partial charge on any atom is -0.363 e. The van der Waals surface area contributed by atoms with Crippen LogP contribution in [0.25, 0.3) is 0 Å². The molecule has 0 unspecified atom stereocenters. The largest absolute Gasteiger partial charge is 0.416 e. The number of carbonyl (C=O) groups is 1. The van der Waals surface area contributed by atoms with Gasteiger partial charge >= 0.3 is 6.18 Å². The number of anilines is 1. The summed E-state index contributed by atoms with van der Waals surface area (Å²) in [5.41, 5.74) is -1.14. The molecule has 1 aliphatic heterocycles. The van der Waals surface area contributed by atoms with Gasteiger partial charge in [0.2, 0.25) is 5.91 Å². The first-order valence-electron chi connectivity index (χ1n) is 6.20. The fourth-order valence-corrected chi connectivity index (χ4v) is 2.33. The van der Waals surface area contributed by atoms with E-state index in [1.54, 1.807) is 0 Å². The van der Waals surface area contributed by atoms with Crippen molar-refractivity contribution in [1.82, 2.24) is 5.32 Å². The van der Waals surface area contributed by atoms with Crippen LogP contribution in [-0.2, 0) is 15.7 Å². The number of hydrogen-bond acceptors (Lipinski definition) is 3. The second kappa shape index (κ2) is 5.94. The van der Waals surface area contributed by atoms with E-state index >= 15 is 0 Å². The van der Waals surface area contributed by atoms with Gasteiger partial charge in [0.25, 0.3) is 0 Å². The lowest BCUT2D eigenvalue weighted by atomic mass is 10.0. The van der Waals surface area contributed by atoms with Crippen LogP contribution in [0.2, 0.25) is 0 Å². The molecule has 1 fully saturated rings. The van der Waals surface area contributed by atoms with Gasteiger partial charge in [-0.05, 0) is 25.1 Å². The van der Waals surface area contributed by atoms with Crippen molar-refractivity contribution in [3.8, 4) is 0 Å². The number of alkyl halides is 3. The predicted octanol–water partition coefficient (Wildman–Crippen LogP) is 2.78. The Morgan fingerprint density at radius 1 is 1.43 bits per heavy atom. The highest BCUT2D eigenvalue weighted by Crippen LogP contribution is 2.33. The quantitative estimate of drug-likeness (QED) is 0.861. The van der Waals surface area contributed by atoms with Crippen molar-refractivity contribution < 1.29 is 22.7 Å². The van der Waals surface area contributed by atoms with Crippen LogP contribution in [0.4, 0.5) is 18.9 Å². The van der Waals surface area contributed by atoms with Gasteiger partial charge in [-0.1, -0.05) is 15.9 Å². The molecule has 8 heteroatoms. The molecule has 0 atom stereocenters. The first kappa shape index (κ1) is 16.3. The van der Waals surface area contributed by atoms with Gasteiger partial charge in [0, 0.05) is 23.2 Å². The van der Waals surface area contributed by atoms with E-state index in [0.29, 0.717) is 13.1 Å². The number of rotatable bonds is 4. The van der Waals surface area contributed by atoms with Gasteiger partial charge in [-0.25, -0.2) is 0 Å². The maximum atomic E-state index is 12.7. The van der Waals surface area contributed by atoms with Gasteiger partial charge in [-0.15, -0.1) is 0 Å². The van der Waals surface area contributed by atoms with Gasteiger partial charge in [-0.2, -0.15) is 13.2 Å². The molecule has 1 heterocycles. The molecule has 0 aliphatic carbocycles. The van der Waals surface area contributed by atoms with E-state index in [1.807, 2.05) is 6.92 Å². The molecule has 1 amide bonds. The second-order valence-electron chi connectivity index (χ2n) is 5.12. The fourth-order valence-electron chi connectivity index (χ4n) is 1.84. The number of amides is 1. The number of halogens is 4. The fraction of sp³-hybridized carbons (Fsp3) is 0.462. The van der Waals surface area contributed by atoms with Crippen LogP contribution >= 0.6 is 15.9 Å². The lowest BCUT2D eigenvalue weighted by Crippen LogP contribution is -2.59. The van der Waals surface area contributed by atoms with Crippen molar-refractivity contribution in [3.63, 3.8) is 0 Å². The normalized spacial score (nSPS) is 17.2. The molecule has 21 heavy (non-hydrogen) atoms. The zero-order valence-corrected chi connectivity index (χ0v) is 12.8. The lowest BCUT2D eigenvalue weighted by Gasteiger charge is -2.38. The number of ether oxygens (including phenoxy) is 1. The Balaban J connectivity index is 1.98. The van der Waals surface area contributed by atoms with Gasteiger partial charge < -0.3 is 15.4 Å². The summed E-state index contributed by atoms with van der Waals surface area (Å²) in [5.74, 6) is -0.491. The van der Waals surface area contributed by atoms with Crippen molar-refractivity contribution in [1.29, 1.82) is 0 Å². The van der Waals surface area contributed by atoms with Crippen LogP contribution in [0.3, 0.4) is 0 Å². The van der Waals surface area contributed by atoms with E-state index < -0.39 is 17.6 Å². The summed E-state index contributed by atoms with van der Waals surface area (Å²) in [6, 6.07) is 3.24. The summed E-state index contributed by atoms with van der Waals surface area (Å²) in [5, 5.41) is 5.42. The summed E-state index contributed by atoms with van der Waals surface area (Å²) in [7, 11) is 0. The predicted molar refractivity (Wildman–Crippen MR) is 75.0 cm³/mol. The van der Waals surface area contributed by atoms with Crippen molar-refractivity contribution >= 4 is 27.5 Å². The van der Waals surface area contributed by atoms with Gasteiger partial charge in [0.15, 0.2) is 0 Å². The van der Waals surface area contributed by atoms with E-state index in [-0.39, 0.29) is 22.4 Å². The molecule has 1 aromatic rings. The Hall–Kier alpha value is -1.12. The SMILES string of the molecule is CC1(OCC(=O)Nc2cc(Br)cc(C(F)(F)F)c2)CNC1. The van der Waals surface area contributed by atoms with E-state index in [1.165, 1.54) is 6.07 Å². The van der Waals surface area contributed by atoms with E-state index in [2.05, 4.69) is 26.6 Å². The Labute approximate surface area is 128 Å². The minimum absolute atomic E-state index is 0.0715. The summed E-state index contributed by atoms with van der Waals surface area (Å²) >= 11 is 3.00. The molecule has 0 radical (unpaired) electrons. The number of benzene rings is 1. The summed E-state index contributed by atoms with van der Waals surface area (Å²) in [6.07, 6.45) is -4.47. The standard InChI is InChI=1S/C13H14BrF3N2O2/c1-12(6-18-7-12)21-5-11(20)19-10-3-8(13(15,16)17)2-9(14)4-10/h2-4,18H,5-7H2,1H3,(H,19,20). The van der Waals surface area contributed by atoms with Gasteiger partial charge in [0.1, 0.15) is 6.61 Å². The van der Waals surface area contributed by atoms with Crippen LogP contribution in [0.5, 0.6) is 0 Å². The number of nitrogens with one attached hydrogen (secondary N) is 2. The molecule has 0 saturated carbocycles. The third-order valence-electron chi connectivity index (χ3n) is 3.06. The molecule has 2 rings (SSSR count). The van der Waals surface area contributed by atoms with Crippen molar-refractivity contribution in [2.24, 2.45) is 0 Å². The Morgan fingerprint density at radius 2 is 2.10 bits per heavy atom. The summed E-state index contributed by atoms with van der Waals surface area (Å²) in [4.78, 5) is 11.7. The van der Waals surface area contributed by atoms with E-state index in [0.717, 1.165) is 12.1 Å². The second-order valence-corrected chi connectivity index (χ2v) is 6.03. The first-order chi connectivity index (χ1) is 9.68. The lowest BCUT2D eigenvalue weighted by molar-refractivity contribution is -0.137. The van der Waals surface area contributed by atoms with Crippen LogP contribution in [0.15, 0.2) is 22.7 Å². The highest BCUT2D eigenvalue weighted by molar-refractivity contribution is 9.10. The smallest absolute Gasteiger partial charge is 0.363 e. The monoisotopic (exact) mass is 366 g/mol. The van der Waals surface area contributed by atoms with Crippen LogP contribution in [0.1, 0.15) is 12.5 Å². The molecule has 0 bridgehead atoms. The number of carbonyl (C=O) groups excluding carboxylic acids is 1. The molecule has 1 aromatic carbocycles. The van der Waals surface area contributed by atoms with Crippen LogP contribution in [0, 0.1) is 0 Å². The Kier molecular flexibility index (Phi) is 4.60. The van der Waals surface area contributed by atoms with Crippen molar-refractivity contribution in [2.75, 3.05) is 25.0 Å². The van der Waals surface area contributed by atoms with Crippen molar-refractivity contribution in [3.05, 3.63) is 28.2 Å². The van der Waals surface area contributed by atoms with Crippen LogP contribution < -0.4 is 10.6 Å². The van der Waals surface area contributed by atoms with E-state index in [4.69, 9.17) is 4.74 Å². The topological polar surface area (TPSA) is 50.4 Å².